The second kappa shape index (κ2) is 20.6. The fraction of sp³-hybridized carbons (Fsp3) is 0.459. The van der Waals surface area contributed by atoms with Crippen LogP contribution in [0.25, 0.3) is 0 Å². The first-order chi connectivity index (χ1) is 24.2. The number of alkyl carbamates (subject to hydrolysis) is 1. The minimum atomic E-state index is -0.737. The minimum absolute atomic E-state index is 0.154. The van der Waals surface area contributed by atoms with E-state index in [1.807, 2.05) is 67.7 Å². The monoisotopic (exact) mass is 721 g/mol. The van der Waals surface area contributed by atoms with E-state index in [9.17, 15) is 14.4 Å². The fourth-order valence-corrected chi connectivity index (χ4v) is 7.06. The molecule has 2 heterocycles. The number of carbonyl (C=O) groups is 3. The van der Waals surface area contributed by atoms with Crippen LogP contribution in [0.4, 0.5) is 9.59 Å². The SMILES string of the molecule is CNCC[C@H](NC(=O)N(C)CC1=CSC(C(C)C)N1)C(=O)N[C@H](CC[C@H](Cc1ccccc1)NC(=O)OCc1cncs1)Cc1ccccc1. The summed E-state index contributed by atoms with van der Waals surface area (Å²) in [7, 11) is 3.56. The number of thiazole rings is 1. The Labute approximate surface area is 304 Å². The molecule has 270 valence electrons. The van der Waals surface area contributed by atoms with Crippen molar-refractivity contribution in [2.75, 3.05) is 27.2 Å². The summed E-state index contributed by atoms with van der Waals surface area (Å²) in [5.41, 5.74) is 4.86. The van der Waals surface area contributed by atoms with Crippen molar-refractivity contribution in [3.05, 3.63) is 99.5 Å². The predicted octanol–water partition coefficient (Wildman–Crippen LogP) is 5.27. The van der Waals surface area contributed by atoms with E-state index in [4.69, 9.17) is 4.74 Å². The summed E-state index contributed by atoms with van der Waals surface area (Å²) in [6.45, 7) is 5.45. The van der Waals surface area contributed by atoms with Crippen LogP contribution in [0.15, 0.2) is 83.5 Å². The largest absolute Gasteiger partial charge is 0.444 e. The lowest BCUT2D eigenvalue weighted by molar-refractivity contribution is -0.123. The molecule has 0 radical (unpaired) electrons. The van der Waals surface area contributed by atoms with Crippen molar-refractivity contribution in [1.29, 1.82) is 0 Å². The topological polar surface area (TPSA) is 137 Å². The molecule has 1 aliphatic rings. The first kappa shape index (κ1) is 38.7. The van der Waals surface area contributed by atoms with Gasteiger partial charge in [-0.15, -0.1) is 23.1 Å². The number of thioether (sulfide) groups is 1. The Morgan fingerprint density at radius 1 is 0.920 bits per heavy atom. The number of aromatic nitrogens is 1. The molecule has 0 aliphatic carbocycles. The van der Waals surface area contributed by atoms with E-state index in [1.165, 1.54) is 11.3 Å². The second-order valence-corrected chi connectivity index (χ2v) is 14.9. The van der Waals surface area contributed by atoms with Crippen LogP contribution in [-0.4, -0.2) is 78.6 Å². The first-order valence-corrected chi connectivity index (χ1v) is 19.0. The second-order valence-electron chi connectivity index (χ2n) is 12.9. The van der Waals surface area contributed by atoms with Gasteiger partial charge in [-0.1, -0.05) is 74.5 Å². The molecule has 13 heteroatoms. The molecule has 3 aromatic rings. The van der Waals surface area contributed by atoms with Gasteiger partial charge in [0.05, 0.1) is 22.3 Å². The number of carbonyl (C=O) groups excluding carboxylic acids is 3. The predicted molar refractivity (Wildman–Crippen MR) is 202 cm³/mol. The van der Waals surface area contributed by atoms with E-state index in [2.05, 4.69) is 50.8 Å². The molecular weight excluding hydrogens is 671 g/mol. The van der Waals surface area contributed by atoms with Gasteiger partial charge in [-0.2, -0.15) is 0 Å². The summed E-state index contributed by atoms with van der Waals surface area (Å²) < 4.78 is 5.50. The van der Waals surface area contributed by atoms with E-state index in [-0.39, 0.29) is 36.0 Å². The molecule has 4 atom stereocenters. The highest BCUT2D eigenvalue weighted by molar-refractivity contribution is 8.03. The molecular formula is C37H51N7O4S2. The Balaban J connectivity index is 1.42. The average Bonchev–Trinajstić information content (AvgIpc) is 3.82. The smallest absolute Gasteiger partial charge is 0.407 e. The summed E-state index contributed by atoms with van der Waals surface area (Å²) in [6, 6.07) is 18.5. The maximum Gasteiger partial charge on any atom is 0.407 e. The molecule has 4 rings (SSSR count). The molecule has 0 spiro atoms. The molecule has 2 aromatic carbocycles. The highest BCUT2D eigenvalue weighted by Crippen LogP contribution is 2.26. The van der Waals surface area contributed by atoms with Gasteiger partial charge in [0.25, 0.3) is 0 Å². The van der Waals surface area contributed by atoms with Gasteiger partial charge in [0.1, 0.15) is 12.6 Å². The van der Waals surface area contributed by atoms with Gasteiger partial charge < -0.3 is 36.2 Å². The van der Waals surface area contributed by atoms with Gasteiger partial charge in [-0.25, -0.2) is 9.59 Å². The maximum absolute atomic E-state index is 13.9. The van der Waals surface area contributed by atoms with Crippen LogP contribution in [0.3, 0.4) is 0 Å². The Morgan fingerprint density at radius 3 is 2.12 bits per heavy atom. The van der Waals surface area contributed by atoms with Crippen LogP contribution in [0.1, 0.15) is 49.1 Å². The molecule has 1 aromatic heterocycles. The van der Waals surface area contributed by atoms with Crippen molar-refractivity contribution < 1.29 is 19.1 Å². The molecule has 4 amide bonds. The number of hydrogen-bond acceptors (Lipinski definition) is 9. The van der Waals surface area contributed by atoms with Crippen LogP contribution in [-0.2, 0) is 29.0 Å². The van der Waals surface area contributed by atoms with Gasteiger partial charge in [0, 0.05) is 31.0 Å². The highest BCUT2D eigenvalue weighted by atomic mass is 32.2. The number of urea groups is 1. The van der Waals surface area contributed by atoms with Crippen molar-refractivity contribution in [3.8, 4) is 0 Å². The normalized spacial score (nSPS) is 15.7. The molecule has 50 heavy (non-hydrogen) atoms. The molecule has 1 aliphatic heterocycles. The number of nitrogens with one attached hydrogen (secondary N) is 5. The number of hydrogen-bond donors (Lipinski definition) is 5. The zero-order chi connectivity index (χ0) is 35.7. The van der Waals surface area contributed by atoms with E-state index in [0.29, 0.717) is 51.1 Å². The molecule has 0 saturated carbocycles. The molecule has 5 N–H and O–H groups in total. The standard InChI is InChI=1S/C37H51N7O4S2/c1-26(2)35-41-31(24-49-35)22-44(4)36(46)43-33(17-18-38-3)34(45)40-29(19-27-11-7-5-8-12-27)15-16-30(20-28-13-9-6-10-14-28)42-37(47)48-23-32-21-39-25-50-32/h5-14,21,24-26,29-30,33,35,38,41H,15-20,22-23H2,1-4H3,(H,40,45)(H,42,47)(H,43,46)/t29-,30-,33+,35?/m1/s1. The van der Waals surface area contributed by atoms with Crippen LogP contribution >= 0.6 is 23.1 Å². The lowest BCUT2D eigenvalue weighted by Crippen LogP contribution is -2.54. The summed E-state index contributed by atoms with van der Waals surface area (Å²) in [6.07, 6.45) is 4.01. The number of likely N-dealkylation sites (N-methyl/N-ethyl adjacent to an activating group) is 1. The van der Waals surface area contributed by atoms with E-state index in [0.717, 1.165) is 21.7 Å². The summed E-state index contributed by atoms with van der Waals surface area (Å²) >= 11 is 3.16. The van der Waals surface area contributed by atoms with E-state index < -0.39 is 12.1 Å². The minimum Gasteiger partial charge on any atom is -0.444 e. The Bertz CT molecular complexity index is 1490. The van der Waals surface area contributed by atoms with E-state index >= 15 is 0 Å². The zero-order valence-corrected chi connectivity index (χ0v) is 31.0. The number of amides is 4. The number of rotatable bonds is 19. The fourth-order valence-electron chi connectivity index (χ4n) is 5.57. The Hall–Kier alpha value is -4.07. The van der Waals surface area contributed by atoms with Crippen molar-refractivity contribution in [2.45, 2.75) is 76.1 Å². The molecule has 11 nitrogen and oxygen atoms in total. The van der Waals surface area contributed by atoms with Gasteiger partial charge >= 0.3 is 12.1 Å². The van der Waals surface area contributed by atoms with Crippen LogP contribution in [0, 0.1) is 5.92 Å². The van der Waals surface area contributed by atoms with Crippen molar-refractivity contribution in [2.24, 2.45) is 5.92 Å². The van der Waals surface area contributed by atoms with Crippen LogP contribution < -0.4 is 26.6 Å². The van der Waals surface area contributed by atoms with Crippen molar-refractivity contribution in [1.82, 2.24) is 36.5 Å². The quantitative estimate of drug-likeness (QED) is 0.113. The third kappa shape index (κ3) is 13.3. The summed E-state index contributed by atoms with van der Waals surface area (Å²) in [5.74, 6) is 0.215. The zero-order valence-electron chi connectivity index (χ0n) is 29.4. The molecule has 0 saturated heterocycles. The van der Waals surface area contributed by atoms with Gasteiger partial charge in [-0.3, -0.25) is 9.78 Å². The highest BCUT2D eigenvalue weighted by Gasteiger charge is 2.27. The molecule has 1 unspecified atom stereocenters. The number of nitrogens with zero attached hydrogens (tertiary/aromatic N) is 2. The molecule has 0 fully saturated rings. The van der Waals surface area contributed by atoms with Gasteiger partial charge in [-0.05, 0) is 68.1 Å². The van der Waals surface area contributed by atoms with Crippen molar-refractivity contribution in [3.63, 3.8) is 0 Å². The molecule has 0 bridgehead atoms. The van der Waals surface area contributed by atoms with E-state index in [1.54, 1.807) is 35.4 Å². The Kier molecular flexibility index (Phi) is 15.9. The lowest BCUT2D eigenvalue weighted by Gasteiger charge is -2.27. The number of ether oxygens (including phenoxy) is 1. The summed E-state index contributed by atoms with van der Waals surface area (Å²) in [4.78, 5) is 46.6. The van der Waals surface area contributed by atoms with Crippen molar-refractivity contribution >= 4 is 41.1 Å². The first-order valence-electron chi connectivity index (χ1n) is 17.2. The van der Waals surface area contributed by atoms with Crippen LogP contribution in [0.5, 0.6) is 0 Å². The van der Waals surface area contributed by atoms with Crippen LogP contribution in [0.2, 0.25) is 0 Å². The average molecular weight is 722 g/mol. The summed E-state index contributed by atoms with van der Waals surface area (Å²) in [5, 5.41) is 18.2. The third-order valence-electron chi connectivity index (χ3n) is 8.35. The Morgan fingerprint density at radius 2 is 1.56 bits per heavy atom. The number of benzene rings is 2. The van der Waals surface area contributed by atoms with Gasteiger partial charge in [0.2, 0.25) is 5.91 Å². The maximum atomic E-state index is 13.9. The third-order valence-corrected chi connectivity index (χ3v) is 10.5. The van der Waals surface area contributed by atoms with Gasteiger partial charge in [0.15, 0.2) is 0 Å². The lowest BCUT2D eigenvalue weighted by atomic mass is 9.95.